The number of carbonyl (C=O) groups is 1. The summed E-state index contributed by atoms with van der Waals surface area (Å²) in [7, 11) is 0. The molecule has 0 aliphatic rings. The zero-order valence-electron chi connectivity index (χ0n) is 12.7. The monoisotopic (exact) mass is 330 g/mol. The molecule has 0 saturated carbocycles. The van der Waals surface area contributed by atoms with Gasteiger partial charge in [-0.2, -0.15) is 0 Å². The molecular weight excluding hydrogens is 316 g/mol. The number of benzene rings is 1. The largest absolute Gasteiger partial charge is 0.463 e. The van der Waals surface area contributed by atoms with E-state index in [1.807, 2.05) is 13.8 Å². The number of nitrogens with zero attached hydrogens (tertiary/aromatic N) is 3. The number of rotatable bonds is 4. The summed E-state index contributed by atoms with van der Waals surface area (Å²) < 4.78 is 7.01. The second kappa shape index (κ2) is 6.26. The summed E-state index contributed by atoms with van der Waals surface area (Å²) in [6.07, 6.45) is 1.54. The molecule has 118 valence electrons. The van der Waals surface area contributed by atoms with Crippen LogP contribution in [0.15, 0.2) is 47.1 Å². The molecule has 2 heterocycles. The molecule has 0 saturated heterocycles. The minimum Gasteiger partial charge on any atom is -0.463 e. The number of halogens is 1. The summed E-state index contributed by atoms with van der Waals surface area (Å²) in [4.78, 5) is 12.4. The second-order valence-corrected chi connectivity index (χ2v) is 5.72. The summed E-state index contributed by atoms with van der Waals surface area (Å²) in [6.45, 7) is 3.77. The van der Waals surface area contributed by atoms with Crippen molar-refractivity contribution in [2.24, 2.45) is 0 Å². The SMILES string of the molecule is CC(C)NC(=O)c1nnn(-c2ccc(Cl)cc2)c1-c1ccco1. The topological polar surface area (TPSA) is 73.0 Å². The molecule has 0 unspecified atom stereocenters. The molecule has 1 aromatic carbocycles. The molecule has 0 radical (unpaired) electrons. The lowest BCUT2D eigenvalue weighted by Gasteiger charge is -2.08. The summed E-state index contributed by atoms with van der Waals surface area (Å²) in [6, 6.07) is 10.6. The Labute approximate surface area is 138 Å². The summed E-state index contributed by atoms with van der Waals surface area (Å²) in [5.41, 5.74) is 1.44. The van der Waals surface area contributed by atoms with E-state index in [0.29, 0.717) is 16.5 Å². The maximum Gasteiger partial charge on any atom is 0.274 e. The molecule has 3 aromatic rings. The number of hydrogen-bond donors (Lipinski definition) is 1. The first-order valence-electron chi connectivity index (χ1n) is 7.12. The van der Waals surface area contributed by atoms with Crippen molar-refractivity contribution < 1.29 is 9.21 Å². The van der Waals surface area contributed by atoms with Gasteiger partial charge in [-0.25, -0.2) is 4.68 Å². The van der Waals surface area contributed by atoms with Crippen LogP contribution < -0.4 is 5.32 Å². The molecule has 1 N–H and O–H groups in total. The quantitative estimate of drug-likeness (QED) is 0.796. The van der Waals surface area contributed by atoms with Crippen molar-refractivity contribution in [3.05, 3.63) is 53.4 Å². The summed E-state index contributed by atoms with van der Waals surface area (Å²) in [5.74, 6) is 0.213. The third-order valence-electron chi connectivity index (χ3n) is 3.13. The minimum absolute atomic E-state index is 0.00682. The molecule has 1 amide bonds. The molecule has 0 bridgehead atoms. The Morgan fingerprint density at radius 2 is 2.00 bits per heavy atom. The van der Waals surface area contributed by atoms with Crippen LogP contribution in [0, 0.1) is 0 Å². The third kappa shape index (κ3) is 3.12. The number of hydrogen-bond acceptors (Lipinski definition) is 4. The molecular formula is C16H15ClN4O2. The fourth-order valence-corrected chi connectivity index (χ4v) is 2.29. The number of amides is 1. The Morgan fingerprint density at radius 1 is 1.26 bits per heavy atom. The fourth-order valence-electron chi connectivity index (χ4n) is 2.16. The Morgan fingerprint density at radius 3 is 2.61 bits per heavy atom. The molecule has 23 heavy (non-hydrogen) atoms. The van der Waals surface area contributed by atoms with Crippen molar-refractivity contribution in [1.29, 1.82) is 0 Å². The minimum atomic E-state index is -0.299. The molecule has 3 rings (SSSR count). The van der Waals surface area contributed by atoms with E-state index in [2.05, 4.69) is 15.6 Å². The number of aromatic nitrogens is 3. The lowest BCUT2D eigenvalue weighted by atomic mass is 10.2. The van der Waals surface area contributed by atoms with Gasteiger partial charge in [0.2, 0.25) is 0 Å². The maximum atomic E-state index is 12.4. The highest BCUT2D eigenvalue weighted by Gasteiger charge is 2.24. The van der Waals surface area contributed by atoms with Gasteiger partial charge >= 0.3 is 0 Å². The van der Waals surface area contributed by atoms with Crippen LogP contribution in [0.25, 0.3) is 17.1 Å². The van der Waals surface area contributed by atoms with Gasteiger partial charge in [0.15, 0.2) is 11.5 Å². The standard InChI is InChI=1S/C16H15ClN4O2/c1-10(2)18-16(22)14-15(13-4-3-9-23-13)21(20-19-14)12-7-5-11(17)6-8-12/h3-10H,1-2H3,(H,18,22). The Kier molecular flexibility index (Phi) is 4.16. The summed E-state index contributed by atoms with van der Waals surface area (Å²) in [5, 5.41) is 11.6. The average molecular weight is 331 g/mol. The van der Waals surface area contributed by atoms with Crippen LogP contribution in [0.2, 0.25) is 5.02 Å². The van der Waals surface area contributed by atoms with Crippen LogP contribution in [0.3, 0.4) is 0 Å². The van der Waals surface area contributed by atoms with E-state index in [4.69, 9.17) is 16.0 Å². The number of carbonyl (C=O) groups excluding carboxylic acids is 1. The Hall–Kier alpha value is -2.60. The molecule has 0 atom stereocenters. The van der Waals surface area contributed by atoms with E-state index in [9.17, 15) is 4.79 Å². The van der Waals surface area contributed by atoms with Crippen molar-refractivity contribution in [3.63, 3.8) is 0 Å². The van der Waals surface area contributed by atoms with Crippen molar-refractivity contribution in [3.8, 4) is 17.1 Å². The van der Waals surface area contributed by atoms with Gasteiger partial charge in [0.05, 0.1) is 12.0 Å². The van der Waals surface area contributed by atoms with Crippen LogP contribution in [0.5, 0.6) is 0 Å². The van der Waals surface area contributed by atoms with Crippen molar-refractivity contribution in [2.75, 3.05) is 0 Å². The molecule has 7 heteroatoms. The zero-order chi connectivity index (χ0) is 16.4. The van der Waals surface area contributed by atoms with Gasteiger partial charge in [-0.05, 0) is 50.2 Å². The Balaban J connectivity index is 2.12. The lowest BCUT2D eigenvalue weighted by Crippen LogP contribution is -2.30. The predicted molar refractivity (Wildman–Crippen MR) is 86.7 cm³/mol. The smallest absolute Gasteiger partial charge is 0.274 e. The normalized spacial score (nSPS) is 11.0. The number of furan rings is 1. The molecule has 6 nitrogen and oxygen atoms in total. The number of nitrogens with one attached hydrogen (secondary N) is 1. The van der Waals surface area contributed by atoms with Gasteiger partial charge in [-0.15, -0.1) is 5.10 Å². The first kappa shape index (κ1) is 15.3. The molecule has 2 aromatic heterocycles. The highest BCUT2D eigenvalue weighted by molar-refractivity contribution is 6.30. The molecule has 0 aliphatic carbocycles. The van der Waals surface area contributed by atoms with Gasteiger partial charge in [0, 0.05) is 11.1 Å². The molecule has 0 fully saturated rings. The summed E-state index contributed by atoms with van der Waals surface area (Å²) >= 11 is 5.92. The van der Waals surface area contributed by atoms with Crippen LogP contribution in [-0.4, -0.2) is 26.9 Å². The van der Waals surface area contributed by atoms with E-state index in [1.165, 1.54) is 0 Å². The Bertz CT molecular complexity index is 807. The van der Waals surface area contributed by atoms with Gasteiger partial charge in [-0.3, -0.25) is 4.79 Å². The van der Waals surface area contributed by atoms with E-state index < -0.39 is 0 Å². The highest BCUT2D eigenvalue weighted by Crippen LogP contribution is 2.26. The van der Waals surface area contributed by atoms with E-state index in [0.717, 1.165) is 5.69 Å². The molecule has 0 spiro atoms. The first-order chi connectivity index (χ1) is 11.1. The molecule has 0 aliphatic heterocycles. The maximum absolute atomic E-state index is 12.4. The van der Waals surface area contributed by atoms with Gasteiger partial charge in [0.25, 0.3) is 5.91 Å². The van der Waals surface area contributed by atoms with Crippen LogP contribution in [-0.2, 0) is 0 Å². The van der Waals surface area contributed by atoms with Crippen LogP contribution in [0.4, 0.5) is 0 Å². The van der Waals surface area contributed by atoms with Crippen molar-refractivity contribution in [2.45, 2.75) is 19.9 Å². The van der Waals surface area contributed by atoms with E-state index >= 15 is 0 Å². The highest BCUT2D eigenvalue weighted by atomic mass is 35.5. The van der Waals surface area contributed by atoms with Crippen LogP contribution in [0.1, 0.15) is 24.3 Å². The average Bonchev–Trinajstić information content (AvgIpc) is 3.16. The van der Waals surface area contributed by atoms with Gasteiger partial charge < -0.3 is 9.73 Å². The predicted octanol–water partition coefficient (Wildman–Crippen LogP) is 3.32. The van der Waals surface area contributed by atoms with Crippen molar-refractivity contribution >= 4 is 17.5 Å². The van der Waals surface area contributed by atoms with E-state index in [-0.39, 0.29) is 17.6 Å². The van der Waals surface area contributed by atoms with Crippen LogP contribution >= 0.6 is 11.6 Å². The zero-order valence-corrected chi connectivity index (χ0v) is 13.4. The lowest BCUT2D eigenvalue weighted by molar-refractivity contribution is 0.0938. The second-order valence-electron chi connectivity index (χ2n) is 5.28. The first-order valence-corrected chi connectivity index (χ1v) is 7.50. The van der Waals surface area contributed by atoms with Crippen molar-refractivity contribution in [1.82, 2.24) is 20.3 Å². The van der Waals surface area contributed by atoms with Gasteiger partial charge in [0.1, 0.15) is 5.69 Å². The van der Waals surface area contributed by atoms with Gasteiger partial charge in [-0.1, -0.05) is 16.8 Å². The van der Waals surface area contributed by atoms with E-state index in [1.54, 1.807) is 47.3 Å². The third-order valence-corrected chi connectivity index (χ3v) is 3.38. The fraction of sp³-hybridized carbons (Fsp3) is 0.188.